The van der Waals surface area contributed by atoms with E-state index in [9.17, 15) is 34.5 Å². The zero-order chi connectivity index (χ0) is 48.8. The maximum atomic E-state index is 14.9. The summed E-state index contributed by atoms with van der Waals surface area (Å²) in [6, 6.07) is 3.74. The quantitative estimate of drug-likeness (QED) is 0.0863. The van der Waals surface area contributed by atoms with Crippen molar-refractivity contribution in [3.63, 3.8) is 0 Å². The average molecular weight is 925 g/mol. The number of phenolic OH excluding ortho intramolecular Hbond substituents is 2. The Balaban J connectivity index is 1.42. The number of allylic oxidation sites excluding steroid dienone is 2. The number of aliphatic hydroxyl groups is 1. The van der Waals surface area contributed by atoms with E-state index in [0.717, 1.165) is 32.5 Å². The van der Waals surface area contributed by atoms with Gasteiger partial charge in [0.1, 0.15) is 40.3 Å². The molecule has 6 aliphatic rings. The second-order valence-corrected chi connectivity index (χ2v) is 18.8. The Labute approximate surface area is 390 Å². The van der Waals surface area contributed by atoms with E-state index >= 15 is 0 Å². The van der Waals surface area contributed by atoms with Gasteiger partial charge in [-0.15, -0.1) is 0 Å². The number of nitrogens with zero attached hydrogens (tertiary/aromatic N) is 3. The average Bonchev–Trinajstić information content (AvgIpc) is 3.56. The van der Waals surface area contributed by atoms with Crippen LogP contribution in [0.25, 0.3) is 33.3 Å². The van der Waals surface area contributed by atoms with Gasteiger partial charge >= 0.3 is 11.8 Å². The van der Waals surface area contributed by atoms with E-state index in [-0.39, 0.29) is 85.0 Å². The molecule has 16 heteroatoms. The largest absolute Gasteiger partial charge is 0.507 e. The van der Waals surface area contributed by atoms with Gasteiger partial charge in [0.25, 0.3) is 11.7 Å². The minimum absolute atomic E-state index is 0.0114. The zero-order valence-electron chi connectivity index (χ0n) is 40.3. The normalized spacial score (nSPS) is 28.6. The number of esters is 1. The van der Waals surface area contributed by atoms with Gasteiger partial charge in [0.05, 0.1) is 29.4 Å². The number of carbonyl (C=O) groups excluding carboxylic acids is 3. The van der Waals surface area contributed by atoms with Crippen molar-refractivity contribution in [1.82, 2.24) is 9.88 Å². The van der Waals surface area contributed by atoms with Crippen molar-refractivity contribution in [2.75, 3.05) is 44.0 Å². The van der Waals surface area contributed by atoms with Gasteiger partial charge in [0.15, 0.2) is 11.3 Å². The third-order valence-corrected chi connectivity index (χ3v) is 14.1. The van der Waals surface area contributed by atoms with E-state index < -0.39 is 58.9 Å². The number of aromatic nitrogens is 1. The van der Waals surface area contributed by atoms with E-state index in [0.29, 0.717) is 18.2 Å². The lowest BCUT2D eigenvalue weighted by molar-refractivity contribution is -0.155. The van der Waals surface area contributed by atoms with Crippen molar-refractivity contribution in [2.24, 2.45) is 23.7 Å². The van der Waals surface area contributed by atoms with Crippen LogP contribution in [0.2, 0.25) is 0 Å². The molecule has 16 nitrogen and oxygen atoms in total. The number of aromatic hydroxyl groups is 2. The second kappa shape index (κ2) is 19.3. The minimum Gasteiger partial charge on any atom is -0.507 e. The smallest absolute Gasteiger partial charge is 0.312 e. The van der Waals surface area contributed by atoms with Gasteiger partial charge in [-0.3, -0.25) is 19.2 Å². The molecule has 5 heterocycles. The molecule has 0 spiro atoms. The van der Waals surface area contributed by atoms with Gasteiger partial charge in [-0.05, 0) is 64.6 Å². The molecule has 0 unspecified atom stereocenters. The van der Waals surface area contributed by atoms with Crippen molar-refractivity contribution >= 4 is 50.9 Å². The predicted octanol–water partition coefficient (Wildman–Crippen LogP) is 7.60. The molecule has 1 aliphatic carbocycles. The van der Waals surface area contributed by atoms with Crippen molar-refractivity contribution in [3.8, 4) is 28.7 Å². The van der Waals surface area contributed by atoms with E-state index in [4.69, 9.17) is 28.3 Å². The zero-order valence-corrected chi connectivity index (χ0v) is 40.3. The van der Waals surface area contributed by atoms with Crippen molar-refractivity contribution in [3.05, 3.63) is 69.6 Å². The third kappa shape index (κ3) is 9.23. The molecule has 5 aliphatic heterocycles. The Kier molecular flexibility index (Phi) is 14.1. The SMILES string of the molecule is CCN(C)C1CCN(c2cc(O)c3nc4c5c6c7c(C)c(O)c5c(=O)c(c-4oc3c2)NC(=O)/C(C)=C\C=C\[C@H](C)[C@H](O)[C@@H](C)C[C@@H](C)[C@H](OC(C)=O)[C@H](C)[C@@H](OC)/C=C/O[C@@](C)(O7)C6=O)CC1. The van der Waals surface area contributed by atoms with Crippen LogP contribution in [0, 0.1) is 30.6 Å². The Hall–Kier alpha value is -5.97. The van der Waals surface area contributed by atoms with Gasteiger partial charge in [0.2, 0.25) is 5.43 Å². The molecule has 8 atom stereocenters. The fourth-order valence-electron chi connectivity index (χ4n) is 9.95. The van der Waals surface area contributed by atoms with Gasteiger partial charge < -0.3 is 53.8 Å². The molecule has 67 heavy (non-hydrogen) atoms. The number of anilines is 2. The number of hydrogen-bond acceptors (Lipinski definition) is 15. The topological polar surface area (TPSA) is 210 Å². The molecular weight excluding hydrogens is 861 g/mol. The summed E-state index contributed by atoms with van der Waals surface area (Å²) in [6.45, 7) is 17.9. The third-order valence-electron chi connectivity index (χ3n) is 14.1. The summed E-state index contributed by atoms with van der Waals surface area (Å²) in [7, 11) is 3.60. The number of fused-ring (bicyclic) bond motifs is 14. The Morgan fingerprint density at radius 1 is 1.04 bits per heavy atom. The number of phenols is 2. The van der Waals surface area contributed by atoms with Crippen molar-refractivity contribution < 1.29 is 53.1 Å². The summed E-state index contributed by atoms with van der Waals surface area (Å²) >= 11 is 0. The standard InChI is InChI=1S/C51H64N4O12/c1-12-54(10)32-16-19-55(20-17-32)33-23-34(57)40-36(24-33)66-48-41(52-40)37-38-44(59)30(7)47-39(37)49(61)51(9,67-47)64-21-18-35(63-11)29(6)46(65-31(8)56)28(5)22-27(4)43(58)25(2)14-13-15-26(3)50(62)53-42(48)45(38)60/h13-15,18,21,23-25,27-29,32,35,43,46,57-59H,12,16-17,19-20,22H2,1-11H3,(H,53,62)/b14-13+,21-18+,26-15-/t25-,27-,28+,29+,35-,43-,46-,51-/m0/s1. The molecular formula is C51H64N4O12. The highest BCUT2D eigenvalue weighted by Crippen LogP contribution is 2.51. The molecule has 5 bridgehead atoms. The van der Waals surface area contributed by atoms with Crippen LogP contribution in [0.1, 0.15) is 90.6 Å². The van der Waals surface area contributed by atoms with Crippen molar-refractivity contribution in [2.45, 2.75) is 112 Å². The van der Waals surface area contributed by atoms with Crippen molar-refractivity contribution in [1.29, 1.82) is 0 Å². The van der Waals surface area contributed by atoms with E-state index in [2.05, 4.69) is 29.1 Å². The van der Waals surface area contributed by atoms with E-state index in [1.807, 2.05) is 27.7 Å². The lowest BCUT2D eigenvalue weighted by Crippen LogP contribution is -2.43. The predicted molar refractivity (Wildman–Crippen MR) is 255 cm³/mol. The van der Waals surface area contributed by atoms with Gasteiger partial charge in [-0.2, -0.15) is 0 Å². The number of carbonyl (C=O) groups is 3. The maximum absolute atomic E-state index is 14.9. The lowest BCUT2D eigenvalue weighted by Gasteiger charge is -2.37. The molecule has 4 N–H and O–H groups in total. The second-order valence-electron chi connectivity index (χ2n) is 18.8. The van der Waals surface area contributed by atoms with Crippen LogP contribution < -0.4 is 20.4 Å². The van der Waals surface area contributed by atoms with Gasteiger partial charge in [-0.1, -0.05) is 52.8 Å². The number of Topliss-reactive ketones (excluding diaryl/α,β-unsaturated/α-hetero) is 1. The molecule has 1 saturated heterocycles. The Morgan fingerprint density at radius 3 is 2.40 bits per heavy atom. The number of ether oxygens (including phenoxy) is 4. The van der Waals surface area contributed by atoms with Gasteiger partial charge in [0, 0.05) is 86.3 Å². The molecule has 2 aromatic carbocycles. The summed E-state index contributed by atoms with van der Waals surface area (Å²) in [6.07, 6.45) is 7.99. The molecule has 1 amide bonds. The Bertz CT molecular complexity index is 2700. The first kappa shape index (κ1) is 48.9. The molecule has 0 aromatic heterocycles. The number of aliphatic hydroxyl groups excluding tert-OH is 1. The molecule has 2 aromatic rings. The summed E-state index contributed by atoms with van der Waals surface area (Å²) in [4.78, 5) is 65.5. The minimum atomic E-state index is -2.04. The molecule has 0 radical (unpaired) electrons. The number of hydrogen-bond donors (Lipinski definition) is 4. The lowest BCUT2D eigenvalue weighted by atomic mass is 9.80. The van der Waals surface area contributed by atoms with E-state index in [1.165, 1.54) is 34.1 Å². The monoisotopic (exact) mass is 924 g/mol. The van der Waals surface area contributed by atoms with Crippen LogP contribution in [0.15, 0.2) is 57.5 Å². The highest BCUT2D eigenvalue weighted by molar-refractivity contribution is 6.22. The highest BCUT2D eigenvalue weighted by Gasteiger charge is 2.50. The number of ketones is 1. The summed E-state index contributed by atoms with van der Waals surface area (Å²) in [5.41, 5.74) is -0.399. The van der Waals surface area contributed by atoms with Crippen LogP contribution in [-0.2, 0) is 23.8 Å². The van der Waals surface area contributed by atoms with Crippen LogP contribution in [0.5, 0.6) is 17.2 Å². The summed E-state index contributed by atoms with van der Waals surface area (Å²) < 4.78 is 30.7. The number of methoxy groups -OCH3 is 1. The fourth-order valence-corrected chi connectivity index (χ4v) is 9.95. The first-order valence-corrected chi connectivity index (χ1v) is 23.1. The first-order chi connectivity index (χ1) is 31.7. The molecule has 0 saturated carbocycles. The van der Waals surface area contributed by atoms with Crippen LogP contribution in [-0.4, -0.2) is 107 Å². The van der Waals surface area contributed by atoms with Gasteiger partial charge in [-0.25, -0.2) is 4.98 Å². The first-order valence-electron chi connectivity index (χ1n) is 23.1. The van der Waals surface area contributed by atoms with E-state index in [1.54, 1.807) is 43.4 Å². The molecule has 1 fully saturated rings. The number of rotatable bonds is 5. The number of benzene rings is 3. The van der Waals surface area contributed by atoms with Crippen LogP contribution in [0.3, 0.4) is 0 Å². The number of piperidine rings is 1. The van der Waals surface area contributed by atoms with Crippen LogP contribution in [0.4, 0.5) is 11.4 Å². The molecule has 8 rings (SSSR count). The highest BCUT2D eigenvalue weighted by atomic mass is 16.7. The van der Waals surface area contributed by atoms with Crippen LogP contribution >= 0.6 is 0 Å². The Morgan fingerprint density at radius 2 is 1.75 bits per heavy atom. The molecule has 360 valence electrons. The number of nitrogens with one attached hydrogen (secondary N) is 1. The summed E-state index contributed by atoms with van der Waals surface area (Å²) in [5, 5.41) is 37.2. The summed E-state index contributed by atoms with van der Waals surface area (Å²) in [5.74, 6) is -6.18. The fraction of sp³-hybridized carbons (Fsp3) is 0.510. The number of amides is 1. The maximum Gasteiger partial charge on any atom is 0.312 e.